The molecule has 0 aliphatic rings. The zero-order chi connectivity index (χ0) is 6.69. The third kappa shape index (κ3) is 2.27. The van der Waals surface area contributed by atoms with Gasteiger partial charge >= 0.3 is 32.7 Å². The van der Waals surface area contributed by atoms with Crippen LogP contribution in [-0.4, -0.2) is 7.05 Å². The van der Waals surface area contributed by atoms with Crippen LogP contribution in [0.15, 0.2) is 18.2 Å². The van der Waals surface area contributed by atoms with E-state index >= 15 is 0 Å². The molecule has 48 valence electrons. The molecular weight excluding hydrogens is 201 g/mol. The van der Waals surface area contributed by atoms with Crippen LogP contribution in [-0.2, 0) is 32.7 Å². The summed E-state index contributed by atoms with van der Waals surface area (Å²) in [5.74, 6) is 0. The van der Waals surface area contributed by atoms with E-state index in [4.69, 9.17) is 5.73 Å². The average molecular weight is 210 g/mol. The van der Waals surface area contributed by atoms with Crippen molar-refractivity contribution in [1.82, 2.24) is 0 Å². The SMILES string of the molecule is CNc1ccc[c-]c1N.[Y+3]. The van der Waals surface area contributed by atoms with Crippen LogP contribution >= 0.6 is 0 Å². The zero-order valence-corrected chi connectivity index (χ0v) is 8.73. The Labute approximate surface area is 86.1 Å². The van der Waals surface area contributed by atoms with E-state index in [2.05, 4.69) is 11.4 Å². The maximum atomic E-state index is 5.51. The van der Waals surface area contributed by atoms with Gasteiger partial charge in [0.1, 0.15) is 0 Å². The molecule has 3 N–H and O–H groups in total. The van der Waals surface area contributed by atoms with Gasteiger partial charge in [0.05, 0.1) is 0 Å². The van der Waals surface area contributed by atoms with Crippen LogP contribution in [0.5, 0.6) is 0 Å². The third-order valence-corrected chi connectivity index (χ3v) is 1.16. The molecule has 0 radical (unpaired) electrons. The van der Waals surface area contributed by atoms with E-state index in [1.807, 2.05) is 19.2 Å². The fourth-order valence-corrected chi connectivity index (χ4v) is 0.668. The van der Waals surface area contributed by atoms with Gasteiger partial charge in [0.15, 0.2) is 0 Å². The van der Waals surface area contributed by atoms with Gasteiger partial charge in [-0.05, 0) is 7.05 Å². The Bertz CT molecular complexity index is 201. The average Bonchev–Trinajstić information content (AvgIpc) is 1.89. The van der Waals surface area contributed by atoms with Gasteiger partial charge in [-0.2, -0.15) is 18.2 Å². The number of hydrogen-bond donors (Lipinski definition) is 2. The molecular formula is C7H9N2Y+2. The van der Waals surface area contributed by atoms with Gasteiger partial charge in [0, 0.05) is 0 Å². The van der Waals surface area contributed by atoms with Crippen molar-refractivity contribution in [2.75, 3.05) is 18.1 Å². The summed E-state index contributed by atoms with van der Waals surface area (Å²) in [6.07, 6.45) is 0. The predicted molar refractivity (Wildman–Crippen MR) is 39.2 cm³/mol. The van der Waals surface area contributed by atoms with Gasteiger partial charge in [0.25, 0.3) is 0 Å². The summed E-state index contributed by atoms with van der Waals surface area (Å²) in [7, 11) is 1.83. The molecule has 0 bridgehead atoms. The van der Waals surface area contributed by atoms with Crippen molar-refractivity contribution in [2.24, 2.45) is 0 Å². The normalized spacial score (nSPS) is 8.10. The van der Waals surface area contributed by atoms with E-state index in [0.29, 0.717) is 5.69 Å². The fourth-order valence-electron chi connectivity index (χ4n) is 0.668. The van der Waals surface area contributed by atoms with Crippen LogP contribution in [0.25, 0.3) is 0 Å². The number of nitrogens with one attached hydrogen (secondary N) is 1. The minimum atomic E-state index is 0. The Morgan fingerprint density at radius 3 is 2.70 bits per heavy atom. The molecule has 0 unspecified atom stereocenters. The summed E-state index contributed by atoms with van der Waals surface area (Å²) in [6.45, 7) is 0. The van der Waals surface area contributed by atoms with Gasteiger partial charge in [0.2, 0.25) is 0 Å². The predicted octanol–water partition coefficient (Wildman–Crippen LogP) is 1.11. The molecule has 1 rings (SSSR count). The van der Waals surface area contributed by atoms with E-state index in [9.17, 15) is 0 Å². The first-order valence-corrected chi connectivity index (χ1v) is 2.78. The van der Waals surface area contributed by atoms with Crippen molar-refractivity contribution in [3.63, 3.8) is 0 Å². The van der Waals surface area contributed by atoms with Gasteiger partial charge in [-0.3, -0.25) is 0 Å². The van der Waals surface area contributed by atoms with Crippen molar-refractivity contribution in [2.45, 2.75) is 0 Å². The first kappa shape index (κ1) is 9.92. The number of hydrogen-bond acceptors (Lipinski definition) is 2. The summed E-state index contributed by atoms with van der Waals surface area (Å²) in [4.78, 5) is 0. The Hall–Kier alpha value is -0.0761. The number of benzene rings is 1. The molecule has 0 aliphatic heterocycles. The maximum absolute atomic E-state index is 5.51. The minimum Gasteiger partial charge on any atom is -0.437 e. The van der Waals surface area contributed by atoms with Crippen molar-refractivity contribution in [3.05, 3.63) is 24.3 Å². The van der Waals surface area contributed by atoms with Crippen LogP contribution in [0, 0.1) is 6.07 Å². The Balaban J connectivity index is 0.000000810. The van der Waals surface area contributed by atoms with Crippen LogP contribution in [0.3, 0.4) is 0 Å². The molecule has 0 aliphatic carbocycles. The van der Waals surface area contributed by atoms with Gasteiger partial charge in [-0.15, -0.1) is 6.07 Å². The molecule has 0 saturated carbocycles. The molecule has 1 aromatic rings. The molecule has 0 fully saturated rings. The molecule has 1 aromatic carbocycles. The topological polar surface area (TPSA) is 38.0 Å². The van der Waals surface area contributed by atoms with Crippen molar-refractivity contribution >= 4 is 11.4 Å². The molecule has 2 nitrogen and oxygen atoms in total. The Kier molecular flexibility index (Phi) is 4.66. The summed E-state index contributed by atoms with van der Waals surface area (Å²) in [6, 6.07) is 8.45. The summed E-state index contributed by atoms with van der Waals surface area (Å²) < 4.78 is 0. The number of anilines is 2. The zero-order valence-electron chi connectivity index (χ0n) is 5.89. The van der Waals surface area contributed by atoms with E-state index in [1.165, 1.54) is 0 Å². The number of para-hydroxylation sites is 1. The van der Waals surface area contributed by atoms with E-state index in [-0.39, 0.29) is 32.7 Å². The first-order chi connectivity index (χ1) is 4.34. The second-order valence-electron chi connectivity index (χ2n) is 1.75. The molecule has 0 saturated heterocycles. The Morgan fingerprint density at radius 2 is 2.30 bits per heavy atom. The van der Waals surface area contributed by atoms with Crippen molar-refractivity contribution in [1.29, 1.82) is 0 Å². The maximum Gasteiger partial charge on any atom is 3.00 e. The molecule has 0 atom stereocenters. The Morgan fingerprint density at radius 1 is 1.60 bits per heavy atom. The summed E-state index contributed by atoms with van der Waals surface area (Å²) in [5, 5.41) is 2.94. The standard InChI is InChI=1S/C7H9N2.Y/c1-9-7-5-3-2-4-6(7)8;/h2-3,5,9H,8H2,1H3;/q-1;+3. The summed E-state index contributed by atoms with van der Waals surface area (Å²) in [5.41, 5.74) is 7.11. The van der Waals surface area contributed by atoms with Crippen molar-refractivity contribution in [3.8, 4) is 0 Å². The number of nitrogens with two attached hydrogens (primary N) is 1. The monoisotopic (exact) mass is 210 g/mol. The minimum absolute atomic E-state index is 0. The molecule has 0 amide bonds. The van der Waals surface area contributed by atoms with Crippen LogP contribution in [0.1, 0.15) is 0 Å². The molecule has 0 spiro atoms. The van der Waals surface area contributed by atoms with E-state index < -0.39 is 0 Å². The quantitative estimate of drug-likeness (QED) is 0.538. The van der Waals surface area contributed by atoms with E-state index in [1.54, 1.807) is 6.07 Å². The van der Waals surface area contributed by atoms with E-state index in [0.717, 1.165) is 5.69 Å². The molecule has 10 heavy (non-hydrogen) atoms. The number of nitrogen functional groups attached to an aromatic ring is 1. The second-order valence-corrected chi connectivity index (χ2v) is 1.75. The summed E-state index contributed by atoms with van der Waals surface area (Å²) >= 11 is 0. The molecule has 3 heteroatoms. The first-order valence-electron chi connectivity index (χ1n) is 2.78. The van der Waals surface area contributed by atoms with Gasteiger partial charge in [-0.1, -0.05) is 11.4 Å². The van der Waals surface area contributed by atoms with Crippen molar-refractivity contribution < 1.29 is 32.7 Å². The fraction of sp³-hybridized carbons (Fsp3) is 0.143. The largest absolute Gasteiger partial charge is 3.00 e. The molecule has 0 aromatic heterocycles. The van der Waals surface area contributed by atoms with Crippen LogP contribution in [0.2, 0.25) is 0 Å². The number of rotatable bonds is 1. The van der Waals surface area contributed by atoms with Gasteiger partial charge < -0.3 is 11.1 Å². The van der Waals surface area contributed by atoms with Crippen LogP contribution in [0.4, 0.5) is 11.4 Å². The van der Waals surface area contributed by atoms with Crippen LogP contribution < -0.4 is 11.1 Å². The second kappa shape index (κ2) is 4.70. The van der Waals surface area contributed by atoms with Gasteiger partial charge in [-0.25, -0.2) is 0 Å². The molecule has 0 heterocycles. The smallest absolute Gasteiger partial charge is 0.437 e. The third-order valence-electron chi connectivity index (χ3n) is 1.16.